The van der Waals surface area contributed by atoms with Gasteiger partial charge in [0.2, 0.25) is 0 Å². The molecule has 0 unspecified atom stereocenters. The normalized spacial score (nSPS) is 18.3. The molecule has 1 amide bonds. The highest BCUT2D eigenvalue weighted by molar-refractivity contribution is 8.45. The van der Waals surface area contributed by atoms with Crippen molar-refractivity contribution in [2.24, 2.45) is 0 Å². The van der Waals surface area contributed by atoms with E-state index in [2.05, 4.69) is 4.74 Å². The van der Waals surface area contributed by atoms with Crippen molar-refractivity contribution in [2.45, 2.75) is 17.9 Å². The summed E-state index contributed by atoms with van der Waals surface area (Å²) in [6.07, 6.45) is -1.51. The van der Waals surface area contributed by atoms with Crippen LogP contribution in [0.1, 0.15) is 6.92 Å². The average molecular weight is 363 g/mol. The molecule has 1 heterocycles. The molecule has 0 spiro atoms. The van der Waals surface area contributed by atoms with Gasteiger partial charge in [-0.05, 0) is 25.1 Å². The lowest BCUT2D eigenvalue weighted by Crippen LogP contribution is -2.38. The molecule has 0 bridgehead atoms. The van der Waals surface area contributed by atoms with E-state index < -0.39 is 33.0 Å². The van der Waals surface area contributed by atoms with Crippen molar-refractivity contribution in [2.75, 3.05) is 25.1 Å². The fourth-order valence-corrected chi connectivity index (χ4v) is 2.35. The molecule has 1 aliphatic rings. The molecule has 1 saturated heterocycles. The zero-order valence-corrected chi connectivity index (χ0v) is 12.7. The maximum atomic E-state index is 12.9. The van der Waals surface area contributed by atoms with Gasteiger partial charge in [-0.3, -0.25) is 5.32 Å². The molecule has 132 valence electrons. The quantitative estimate of drug-likeness (QED) is 0.771. The highest BCUT2D eigenvalue weighted by Gasteiger charge is 2.65. The summed E-state index contributed by atoms with van der Waals surface area (Å²) in [6, 6.07) is 1.08. The number of halogens is 5. The molecule has 1 aromatic rings. The smallest absolute Gasteiger partial charge is 0.411 e. The Morgan fingerprint density at radius 3 is 2.43 bits per heavy atom. The highest BCUT2D eigenvalue weighted by Crippen LogP contribution is 3.02. The maximum Gasteiger partial charge on any atom is 0.411 e. The first-order valence-electron chi connectivity index (χ1n) is 6.45. The standard InChI is InChI=1S/C12H14F5NO4S/c1-2-21-12(19)18-10-5-9(23(13,14,15,16)17)3-4-11(10)22-8-6-20-7-8/h3-5,8H,2,6-7H2,1H3,(H,18,19). The molecule has 1 aliphatic heterocycles. The first-order chi connectivity index (χ1) is 10.4. The van der Waals surface area contributed by atoms with Crippen LogP contribution >= 0.6 is 10.2 Å². The van der Waals surface area contributed by atoms with Crippen molar-refractivity contribution in [1.29, 1.82) is 0 Å². The van der Waals surface area contributed by atoms with Gasteiger partial charge in [-0.2, -0.15) is 0 Å². The number of ether oxygens (including phenoxy) is 3. The van der Waals surface area contributed by atoms with E-state index >= 15 is 0 Å². The van der Waals surface area contributed by atoms with Crippen molar-refractivity contribution < 1.29 is 38.4 Å². The van der Waals surface area contributed by atoms with Crippen LogP contribution in [0, 0.1) is 0 Å². The number of carbonyl (C=O) groups is 1. The fraction of sp³-hybridized carbons (Fsp3) is 0.417. The molecule has 0 saturated carbocycles. The lowest BCUT2D eigenvalue weighted by Gasteiger charge is -2.40. The van der Waals surface area contributed by atoms with Crippen LogP contribution in [0.3, 0.4) is 0 Å². The topological polar surface area (TPSA) is 56.8 Å². The summed E-state index contributed by atoms with van der Waals surface area (Å²) in [4.78, 5) is 9.25. The number of hydrogen-bond acceptors (Lipinski definition) is 4. The minimum Gasteiger partial charge on any atom is -0.483 e. The molecule has 2 rings (SSSR count). The largest absolute Gasteiger partial charge is 0.483 e. The van der Waals surface area contributed by atoms with Crippen LogP contribution in [-0.2, 0) is 9.47 Å². The summed E-state index contributed by atoms with van der Waals surface area (Å²) < 4.78 is 79.1. The minimum absolute atomic E-state index is 0.0419. The monoisotopic (exact) mass is 363 g/mol. The van der Waals surface area contributed by atoms with Gasteiger partial charge in [-0.1, -0.05) is 19.4 Å². The van der Waals surface area contributed by atoms with Gasteiger partial charge >= 0.3 is 16.3 Å². The summed E-state index contributed by atoms with van der Waals surface area (Å²) >= 11 is 0. The molecular formula is C12H14F5NO4S. The van der Waals surface area contributed by atoms with Gasteiger partial charge in [0, 0.05) is 0 Å². The number of hydrogen-bond donors (Lipinski definition) is 1. The molecule has 0 atom stereocenters. The Balaban J connectivity index is 2.37. The molecule has 23 heavy (non-hydrogen) atoms. The van der Waals surface area contributed by atoms with Crippen LogP contribution in [-0.4, -0.2) is 32.0 Å². The number of anilines is 1. The Morgan fingerprint density at radius 1 is 1.30 bits per heavy atom. The van der Waals surface area contributed by atoms with Gasteiger partial charge in [0.25, 0.3) is 0 Å². The van der Waals surface area contributed by atoms with E-state index in [0.29, 0.717) is 0 Å². The SMILES string of the molecule is CCOC(=O)Nc1cc(S(F)(F)(F)(F)F)ccc1OC1COC1. The van der Waals surface area contributed by atoms with E-state index in [-0.39, 0.29) is 37.7 Å². The molecule has 0 aromatic heterocycles. The van der Waals surface area contributed by atoms with Gasteiger partial charge in [0.15, 0.2) is 0 Å². The number of amides is 1. The lowest BCUT2D eigenvalue weighted by atomic mass is 10.2. The predicted octanol–water partition coefficient (Wildman–Crippen LogP) is 4.69. The third kappa shape index (κ3) is 4.61. The van der Waals surface area contributed by atoms with Crippen molar-refractivity contribution in [3.63, 3.8) is 0 Å². The van der Waals surface area contributed by atoms with Crippen LogP contribution in [0.5, 0.6) is 5.75 Å². The lowest BCUT2D eigenvalue weighted by molar-refractivity contribution is -0.0794. The van der Waals surface area contributed by atoms with Crippen molar-refractivity contribution in [3.8, 4) is 5.75 Å². The van der Waals surface area contributed by atoms with E-state index in [1.807, 2.05) is 5.32 Å². The van der Waals surface area contributed by atoms with Gasteiger partial charge in [0.05, 0.1) is 25.5 Å². The highest BCUT2D eigenvalue weighted by atomic mass is 32.5. The van der Waals surface area contributed by atoms with Gasteiger partial charge in [-0.25, -0.2) is 4.79 Å². The Kier molecular flexibility index (Phi) is 3.93. The Morgan fingerprint density at radius 2 is 1.96 bits per heavy atom. The molecule has 0 radical (unpaired) electrons. The summed E-state index contributed by atoms with van der Waals surface area (Å²) in [7, 11) is -9.88. The van der Waals surface area contributed by atoms with Crippen LogP contribution in [0.25, 0.3) is 0 Å². The third-order valence-corrected chi connectivity index (χ3v) is 3.95. The zero-order chi connectivity index (χ0) is 17.4. The zero-order valence-electron chi connectivity index (χ0n) is 11.9. The Labute approximate surface area is 128 Å². The molecule has 0 aliphatic carbocycles. The summed E-state index contributed by atoms with van der Waals surface area (Å²) in [6.45, 7) is 1.86. The Bertz CT molecular complexity index is 618. The number of nitrogens with one attached hydrogen (secondary N) is 1. The van der Waals surface area contributed by atoms with Crippen molar-refractivity contribution in [1.82, 2.24) is 0 Å². The minimum atomic E-state index is -9.88. The summed E-state index contributed by atoms with van der Waals surface area (Å²) in [5.74, 6) is -0.183. The average Bonchev–Trinajstić information content (AvgIpc) is 2.32. The third-order valence-electron chi connectivity index (χ3n) is 2.81. The van der Waals surface area contributed by atoms with Crippen molar-refractivity contribution in [3.05, 3.63) is 18.2 Å². The van der Waals surface area contributed by atoms with Crippen molar-refractivity contribution >= 4 is 22.0 Å². The number of rotatable bonds is 5. The molecule has 1 N–H and O–H groups in total. The fourth-order valence-electron chi connectivity index (χ4n) is 1.69. The summed E-state index contributed by atoms with van der Waals surface area (Å²) in [5, 5.41) is 1.97. The van der Waals surface area contributed by atoms with Crippen LogP contribution in [0.4, 0.5) is 29.9 Å². The first kappa shape index (κ1) is 17.6. The predicted molar refractivity (Wildman–Crippen MR) is 73.7 cm³/mol. The first-order valence-corrected chi connectivity index (χ1v) is 8.40. The maximum absolute atomic E-state index is 12.9. The van der Waals surface area contributed by atoms with Crippen LogP contribution in [0.2, 0.25) is 0 Å². The van der Waals surface area contributed by atoms with Gasteiger partial charge in [0.1, 0.15) is 16.7 Å². The molecule has 11 heteroatoms. The van der Waals surface area contributed by atoms with Gasteiger partial charge < -0.3 is 14.2 Å². The number of carbonyl (C=O) groups excluding carboxylic acids is 1. The second-order valence-corrected chi connectivity index (χ2v) is 7.16. The van der Waals surface area contributed by atoms with Crippen LogP contribution < -0.4 is 10.1 Å². The molecule has 1 fully saturated rings. The van der Waals surface area contributed by atoms with E-state index in [0.717, 1.165) is 6.07 Å². The van der Waals surface area contributed by atoms with E-state index in [9.17, 15) is 24.2 Å². The summed E-state index contributed by atoms with van der Waals surface area (Å²) in [5.41, 5.74) is -0.555. The second kappa shape index (κ2) is 5.13. The molecular weight excluding hydrogens is 349 g/mol. The molecule has 5 nitrogen and oxygen atoms in total. The van der Waals surface area contributed by atoms with E-state index in [1.54, 1.807) is 0 Å². The van der Waals surface area contributed by atoms with E-state index in [4.69, 9.17) is 9.47 Å². The number of benzene rings is 1. The van der Waals surface area contributed by atoms with E-state index in [1.165, 1.54) is 6.92 Å². The molecule has 1 aromatic carbocycles. The second-order valence-electron chi connectivity index (χ2n) is 4.75. The van der Waals surface area contributed by atoms with Crippen LogP contribution in [0.15, 0.2) is 23.1 Å². The Hall–Kier alpha value is -1.75. The van der Waals surface area contributed by atoms with Gasteiger partial charge in [-0.15, -0.1) is 0 Å².